The Labute approximate surface area is 146 Å². The minimum Gasteiger partial charge on any atom is -0.336 e. The Morgan fingerprint density at radius 3 is 2.50 bits per heavy atom. The molecule has 1 N–H and O–H groups in total. The zero-order valence-corrected chi connectivity index (χ0v) is 15.1. The van der Waals surface area contributed by atoms with E-state index in [4.69, 9.17) is 0 Å². The number of piperidine rings is 1. The lowest BCUT2D eigenvalue weighted by Crippen LogP contribution is -2.50. The molecule has 5 heteroatoms. The third-order valence-corrected chi connectivity index (χ3v) is 6.38. The summed E-state index contributed by atoms with van der Waals surface area (Å²) in [5.41, 5.74) is -0.250. The standard InChI is InChI=1S/C19H32N4O/c1-19(15-20)9-12-22(13-10-19)18(24)21-14-17-8-5-11-23(17)16-6-3-2-4-7-16/h16-17H,2-14H2,1H3,(H,21,24)/t17-/m1/s1. The van der Waals surface area contributed by atoms with Crippen LogP contribution in [0, 0.1) is 16.7 Å². The Bertz CT molecular complexity index is 472. The third kappa shape index (κ3) is 4.03. The highest BCUT2D eigenvalue weighted by Crippen LogP contribution is 2.30. The van der Waals surface area contributed by atoms with E-state index in [-0.39, 0.29) is 11.4 Å². The second-order valence-electron chi connectivity index (χ2n) is 8.17. The number of carbonyl (C=O) groups excluding carboxylic acids is 1. The molecular weight excluding hydrogens is 300 g/mol. The third-order valence-electron chi connectivity index (χ3n) is 6.38. The van der Waals surface area contributed by atoms with Gasteiger partial charge >= 0.3 is 6.03 Å². The maximum atomic E-state index is 12.5. The number of nitrogens with one attached hydrogen (secondary N) is 1. The largest absolute Gasteiger partial charge is 0.336 e. The second-order valence-corrected chi connectivity index (χ2v) is 8.17. The molecular formula is C19H32N4O. The fourth-order valence-electron chi connectivity index (χ4n) is 4.60. The highest BCUT2D eigenvalue weighted by molar-refractivity contribution is 5.74. The first-order valence-electron chi connectivity index (χ1n) is 9.81. The van der Waals surface area contributed by atoms with Gasteiger partial charge in [0.1, 0.15) is 0 Å². The molecule has 1 atom stereocenters. The predicted molar refractivity (Wildman–Crippen MR) is 94.5 cm³/mol. The monoisotopic (exact) mass is 332 g/mol. The molecule has 0 bridgehead atoms. The van der Waals surface area contributed by atoms with E-state index in [1.807, 2.05) is 11.8 Å². The van der Waals surface area contributed by atoms with Crippen molar-refractivity contribution in [3.05, 3.63) is 0 Å². The zero-order valence-electron chi connectivity index (χ0n) is 15.1. The van der Waals surface area contributed by atoms with Gasteiger partial charge in [-0.05, 0) is 52.0 Å². The molecule has 0 radical (unpaired) electrons. The molecule has 2 amide bonds. The molecule has 2 heterocycles. The van der Waals surface area contributed by atoms with Crippen LogP contribution in [0.25, 0.3) is 0 Å². The van der Waals surface area contributed by atoms with Crippen LogP contribution in [0.2, 0.25) is 0 Å². The van der Waals surface area contributed by atoms with Crippen LogP contribution in [0.1, 0.15) is 64.7 Å². The topological polar surface area (TPSA) is 59.4 Å². The Balaban J connectivity index is 1.45. The van der Waals surface area contributed by atoms with Crippen molar-refractivity contribution in [2.45, 2.75) is 76.8 Å². The lowest BCUT2D eigenvalue weighted by atomic mass is 9.82. The van der Waals surface area contributed by atoms with Gasteiger partial charge in [0, 0.05) is 31.7 Å². The van der Waals surface area contributed by atoms with Crippen molar-refractivity contribution in [3.63, 3.8) is 0 Å². The number of hydrogen-bond donors (Lipinski definition) is 1. The van der Waals surface area contributed by atoms with E-state index in [0.29, 0.717) is 19.1 Å². The van der Waals surface area contributed by atoms with E-state index in [1.54, 1.807) is 0 Å². The average Bonchev–Trinajstić information content (AvgIpc) is 3.09. The number of urea groups is 1. The van der Waals surface area contributed by atoms with Crippen molar-refractivity contribution < 1.29 is 4.79 Å². The molecule has 1 saturated carbocycles. The summed E-state index contributed by atoms with van der Waals surface area (Å²) in [6, 6.07) is 3.72. The molecule has 5 nitrogen and oxygen atoms in total. The molecule has 3 aliphatic rings. The van der Waals surface area contributed by atoms with Crippen LogP contribution in [0.5, 0.6) is 0 Å². The molecule has 134 valence electrons. The quantitative estimate of drug-likeness (QED) is 0.864. The maximum absolute atomic E-state index is 12.5. The Morgan fingerprint density at radius 2 is 1.83 bits per heavy atom. The van der Waals surface area contributed by atoms with Gasteiger partial charge in [-0.1, -0.05) is 19.3 Å². The van der Waals surface area contributed by atoms with Crippen molar-refractivity contribution in [3.8, 4) is 6.07 Å². The number of carbonyl (C=O) groups is 1. The Morgan fingerprint density at radius 1 is 1.12 bits per heavy atom. The molecule has 2 saturated heterocycles. The van der Waals surface area contributed by atoms with Crippen LogP contribution in [0.4, 0.5) is 4.79 Å². The van der Waals surface area contributed by atoms with E-state index in [9.17, 15) is 10.1 Å². The van der Waals surface area contributed by atoms with Gasteiger partial charge in [0.2, 0.25) is 0 Å². The maximum Gasteiger partial charge on any atom is 0.317 e. The van der Waals surface area contributed by atoms with Crippen molar-refractivity contribution in [2.75, 3.05) is 26.2 Å². The average molecular weight is 332 g/mol. The van der Waals surface area contributed by atoms with E-state index >= 15 is 0 Å². The smallest absolute Gasteiger partial charge is 0.317 e. The van der Waals surface area contributed by atoms with Crippen LogP contribution in [-0.2, 0) is 0 Å². The molecule has 0 aromatic heterocycles. The number of nitrogens with zero attached hydrogens (tertiary/aromatic N) is 3. The molecule has 0 spiro atoms. The van der Waals surface area contributed by atoms with Crippen LogP contribution in [-0.4, -0.2) is 54.1 Å². The molecule has 2 aliphatic heterocycles. The van der Waals surface area contributed by atoms with E-state index in [0.717, 1.165) is 25.4 Å². The van der Waals surface area contributed by atoms with Crippen LogP contribution in [0.15, 0.2) is 0 Å². The summed E-state index contributed by atoms with van der Waals surface area (Å²) in [6.45, 7) is 5.39. The molecule has 0 aromatic carbocycles. The highest BCUT2D eigenvalue weighted by Gasteiger charge is 2.34. The second kappa shape index (κ2) is 7.74. The summed E-state index contributed by atoms with van der Waals surface area (Å²) in [4.78, 5) is 17.0. The summed E-state index contributed by atoms with van der Waals surface area (Å²) in [5, 5.41) is 12.4. The molecule has 24 heavy (non-hydrogen) atoms. The number of likely N-dealkylation sites (tertiary alicyclic amines) is 2. The minimum atomic E-state index is -0.250. The van der Waals surface area contributed by atoms with Gasteiger partial charge in [0.25, 0.3) is 0 Å². The number of nitriles is 1. The van der Waals surface area contributed by atoms with E-state index in [1.165, 1.54) is 51.5 Å². The lowest BCUT2D eigenvalue weighted by Gasteiger charge is -2.37. The van der Waals surface area contributed by atoms with Gasteiger partial charge in [0.15, 0.2) is 0 Å². The van der Waals surface area contributed by atoms with Crippen molar-refractivity contribution in [1.82, 2.24) is 15.1 Å². The van der Waals surface area contributed by atoms with Crippen molar-refractivity contribution in [2.24, 2.45) is 5.41 Å². The van der Waals surface area contributed by atoms with E-state index in [2.05, 4.69) is 16.3 Å². The number of amides is 2. The van der Waals surface area contributed by atoms with Crippen LogP contribution < -0.4 is 5.32 Å². The first-order chi connectivity index (χ1) is 11.6. The van der Waals surface area contributed by atoms with Gasteiger partial charge in [0.05, 0.1) is 11.5 Å². The SMILES string of the molecule is CC1(C#N)CCN(C(=O)NC[C@H]2CCCN2C2CCCCC2)CC1. The van der Waals surface area contributed by atoms with E-state index < -0.39 is 0 Å². The predicted octanol–water partition coefficient (Wildman–Crippen LogP) is 3.12. The molecule has 0 unspecified atom stereocenters. The van der Waals surface area contributed by atoms with Crippen molar-refractivity contribution >= 4 is 6.03 Å². The van der Waals surface area contributed by atoms with Gasteiger partial charge < -0.3 is 10.2 Å². The minimum absolute atomic E-state index is 0.0606. The van der Waals surface area contributed by atoms with Gasteiger partial charge in [-0.2, -0.15) is 5.26 Å². The van der Waals surface area contributed by atoms with Gasteiger partial charge in [-0.15, -0.1) is 0 Å². The number of rotatable bonds is 3. The van der Waals surface area contributed by atoms with Gasteiger partial charge in [-0.25, -0.2) is 4.79 Å². The summed E-state index contributed by atoms with van der Waals surface area (Å²) in [7, 11) is 0. The summed E-state index contributed by atoms with van der Waals surface area (Å²) < 4.78 is 0. The summed E-state index contributed by atoms with van der Waals surface area (Å²) in [6.07, 6.45) is 10.8. The fraction of sp³-hybridized carbons (Fsp3) is 0.895. The first kappa shape index (κ1) is 17.5. The van der Waals surface area contributed by atoms with Gasteiger partial charge in [-0.3, -0.25) is 4.90 Å². The normalized spacial score (nSPS) is 28.5. The summed E-state index contributed by atoms with van der Waals surface area (Å²) >= 11 is 0. The molecule has 3 rings (SSSR count). The van der Waals surface area contributed by atoms with Crippen LogP contribution >= 0.6 is 0 Å². The Hall–Kier alpha value is -1.28. The lowest BCUT2D eigenvalue weighted by molar-refractivity contribution is 0.132. The summed E-state index contributed by atoms with van der Waals surface area (Å²) in [5.74, 6) is 0. The molecule has 1 aliphatic carbocycles. The Kier molecular flexibility index (Phi) is 5.65. The highest BCUT2D eigenvalue weighted by atomic mass is 16.2. The zero-order chi connectivity index (χ0) is 17.0. The fourth-order valence-corrected chi connectivity index (χ4v) is 4.60. The molecule has 3 fully saturated rings. The van der Waals surface area contributed by atoms with Crippen molar-refractivity contribution in [1.29, 1.82) is 5.26 Å². The van der Waals surface area contributed by atoms with Crippen LogP contribution in [0.3, 0.4) is 0 Å². The first-order valence-corrected chi connectivity index (χ1v) is 9.81. The molecule has 0 aromatic rings. The number of hydrogen-bond acceptors (Lipinski definition) is 3.